The molecule has 108 valence electrons. The van der Waals surface area contributed by atoms with Gasteiger partial charge < -0.3 is 0 Å². The van der Waals surface area contributed by atoms with Crippen LogP contribution in [0.1, 0.15) is 38.7 Å². The van der Waals surface area contributed by atoms with Gasteiger partial charge in [0.05, 0.1) is 10.9 Å². The molecule has 3 atom stereocenters. The first-order chi connectivity index (χ1) is 9.47. The van der Waals surface area contributed by atoms with Crippen molar-refractivity contribution < 1.29 is 8.42 Å². The third-order valence-corrected chi connectivity index (χ3v) is 5.77. The molecule has 0 radical (unpaired) electrons. The molecule has 2 aliphatic rings. The minimum Gasteiger partial charge on any atom is -0.264 e. The van der Waals surface area contributed by atoms with Crippen molar-refractivity contribution in [1.82, 2.24) is 4.72 Å². The number of aliphatic imine (C=N–C) groups is 1. The average molecular weight is 292 g/mol. The highest BCUT2D eigenvalue weighted by atomic mass is 32.2. The summed E-state index contributed by atoms with van der Waals surface area (Å²) in [6.07, 6.45) is 3.44. The lowest BCUT2D eigenvalue weighted by Crippen LogP contribution is -2.29. The van der Waals surface area contributed by atoms with E-state index in [1.54, 1.807) is 12.1 Å². The second kappa shape index (κ2) is 4.88. The standard InChI is InChI=1S/C15H20N2O2S/c1-10-7-8-11(2)13(9-10)16-15-12-5-3-4-6-14(12)20(18,19)17-15/h3-6,10-11,13H,7-9H2,1-2H3,(H,16,17)/t10-,11+,13+/m1/s1. The second-order valence-electron chi connectivity index (χ2n) is 6.04. The number of nitrogens with one attached hydrogen (secondary N) is 1. The summed E-state index contributed by atoms with van der Waals surface area (Å²) in [6, 6.07) is 7.26. The zero-order chi connectivity index (χ0) is 14.3. The molecule has 0 saturated heterocycles. The Morgan fingerprint density at radius 1 is 1.20 bits per heavy atom. The molecule has 0 amide bonds. The van der Waals surface area contributed by atoms with Gasteiger partial charge in [0.1, 0.15) is 5.84 Å². The Hall–Kier alpha value is -1.36. The third-order valence-electron chi connectivity index (χ3n) is 4.37. The van der Waals surface area contributed by atoms with Gasteiger partial charge in [0, 0.05) is 5.56 Å². The zero-order valence-corrected chi connectivity index (χ0v) is 12.7. The van der Waals surface area contributed by atoms with Crippen LogP contribution >= 0.6 is 0 Å². The van der Waals surface area contributed by atoms with E-state index in [0.717, 1.165) is 12.8 Å². The highest BCUT2D eigenvalue weighted by molar-refractivity contribution is 7.90. The molecule has 4 nitrogen and oxygen atoms in total. The Kier molecular flexibility index (Phi) is 3.32. The summed E-state index contributed by atoms with van der Waals surface area (Å²) in [6.45, 7) is 4.45. The van der Waals surface area contributed by atoms with Gasteiger partial charge in [-0.05, 0) is 36.8 Å². The van der Waals surface area contributed by atoms with Crippen LogP contribution in [0.25, 0.3) is 0 Å². The van der Waals surface area contributed by atoms with E-state index < -0.39 is 10.0 Å². The Morgan fingerprint density at radius 3 is 2.75 bits per heavy atom. The lowest BCUT2D eigenvalue weighted by molar-refractivity contribution is 0.267. The van der Waals surface area contributed by atoms with Crippen molar-refractivity contribution in [3.63, 3.8) is 0 Å². The maximum absolute atomic E-state index is 12.1. The van der Waals surface area contributed by atoms with Gasteiger partial charge in [-0.15, -0.1) is 0 Å². The van der Waals surface area contributed by atoms with Crippen LogP contribution in [0.5, 0.6) is 0 Å². The monoisotopic (exact) mass is 292 g/mol. The molecule has 1 aliphatic heterocycles. The lowest BCUT2D eigenvalue weighted by atomic mass is 9.80. The molecule has 1 aliphatic carbocycles. The van der Waals surface area contributed by atoms with Crippen LogP contribution in [0, 0.1) is 11.8 Å². The minimum absolute atomic E-state index is 0.211. The van der Waals surface area contributed by atoms with Crippen molar-refractivity contribution >= 4 is 15.9 Å². The van der Waals surface area contributed by atoms with Gasteiger partial charge >= 0.3 is 0 Å². The molecule has 1 N–H and O–H groups in total. The molecule has 0 unspecified atom stereocenters. The molecule has 1 aromatic carbocycles. The summed E-state index contributed by atoms with van der Waals surface area (Å²) < 4.78 is 26.7. The minimum atomic E-state index is -3.42. The maximum atomic E-state index is 12.1. The molecular weight excluding hydrogens is 272 g/mol. The summed E-state index contributed by atoms with van der Waals surface area (Å²) >= 11 is 0. The van der Waals surface area contributed by atoms with Crippen molar-refractivity contribution in [2.45, 2.75) is 44.0 Å². The Bertz CT molecular complexity index is 652. The zero-order valence-electron chi connectivity index (χ0n) is 11.8. The van der Waals surface area contributed by atoms with Crippen LogP contribution in [0.2, 0.25) is 0 Å². The van der Waals surface area contributed by atoms with Crippen LogP contribution in [-0.4, -0.2) is 20.3 Å². The van der Waals surface area contributed by atoms with E-state index in [-0.39, 0.29) is 6.04 Å². The first-order valence-electron chi connectivity index (χ1n) is 7.17. The molecular formula is C15H20N2O2S. The van der Waals surface area contributed by atoms with Crippen molar-refractivity contribution in [1.29, 1.82) is 0 Å². The van der Waals surface area contributed by atoms with E-state index in [0.29, 0.717) is 28.1 Å². The number of nitrogens with zero attached hydrogens (tertiary/aromatic N) is 1. The topological polar surface area (TPSA) is 58.5 Å². The summed E-state index contributed by atoms with van der Waals surface area (Å²) in [5, 5.41) is 0. The predicted octanol–water partition coefficient (Wildman–Crippen LogP) is 2.55. The summed E-state index contributed by atoms with van der Waals surface area (Å²) in [7, 11) is -3.42. The number of benzene rings is 1. The molecule has 1 heterocycles. The summed E-state index contributed by atoms with van der Waals surface area (Å²) in [5.74, 6) is 1.69. The van der Waals surface area contributed by atoms with E-state index in [1.165, 1.54) is 6.42 Å². The molecule has 3 rings (SSSR count). The van der Waals surface area contributed by atoms with Gasteiger partial charge in [-0.3, -0.25) is 9.71 Å². The fourth-order valence-electron chi connectivity index (χ4n) is 3.08. The molecule has 1 fully saturated rings. The van der Waals surface area contributed by atoms with Gasteiger partial charge in [-0.2, -0.15) is 0 Å². The SMILES string of the molecule is C[C@@H]1CC[C@H](C)[C@@H](N=C2NS(=O)(=O)c3ccccc32)C1. The average Bonchev–Trinajstić information content (AvgIpc) is 2.66. The number of hydrogen-bond acceptors (Lipinski definition) is 3. The van der Waals surface area contributed by atoms with E-state index in [2.05, 4.69) is 18.6 Å². The molecule has 1 aromatic rings. The van der Waals surface area contributed by atoms with Crippen molar-refractivity contribution in [2.24, 2.45) is 16.8 Å². The normalized spacial score (nSPS) is 33.7. The fourth-order valence-corrected chi connectivity index (χ4v) is 4.32. The highest BCUT2D eigenvalue weighted by Crippen LogP contribution is 2.32. The Labute approximate surface area is 120 Å². The first-order valence-corrected chi connectivity index (χ1v) is 8.65. The molecule has 1 saturated carbocycles. The quantitative estimate of drug-likeness (QED) is 0.864. The van der Waals surface area contributed by atoms with Gasteiger partial charge in [-0.25, -0.2) is 8.42 Å². The van der Waals surface area contributed by atoms with Crippen LogP contribution < -0.4 is 4.72 Å². The van der Waals surface area contributed by atoms with E-state index >= 15 is 0 Å². The predicted molar refractivity (Wildman–Crippen MR) is 79.3 cm³/mol. The van der Waals surface area contributed by atoms with Crippen LogP contribution in [0.4, 0.5) is 0 Å². The Balaban J connectivity index is 1.98. The smallest absolute Gasteiger partial charge is 0.263 e. The number of rotatable bonds is 1. The lowest BCUT2D eigenvalue weighted by Gasteiger charge is -2.30. The molecule has 0 bridgehead atoms. The van der Waals surface area contributed by atoms with Crippen molar-refractivity contribution in [3.8, 4) is 0 Å². The summed E-state index contributed by atoms with van der Waals surface area (Å²) in [4.78, 5) is 5.07. The van der Waals surface area contributed by atoms with E-state index in [1.807, 2.05) is 12.1 Å². The van der Waals surface area contributed by atoms with Crippen LogP contribution in [0.15, 0.2) is 34.2 Å². The second-order valence-corrected chi connectivity index (χ2v) is 7.69. The number of fused-ring (bicyclic) bond motifs is 1. The largest absolute Gasteiger partial charge is 0.264 e. The van der Waals surface area contributed by atoms with Crippen LogP contribution in [-0.2, 0) is 10.0 Å². The molecule has 20 heavy (non-hydrogen) atoms. The van der Waals surface area contributed by atoms with Crippen molar-refractivity contribution in [3.05, 3.63) is 29.8 Å². The maximum Gasteiger partial charge on any atom is 0.263 e. The van der Waals surface area contributed by atoms with Crippen LogP contribution in [0.3, 0.4) is 0 Å². The third kappa shape index (κ3) is 2.35. The molecule has 0 spiro atoms. The number of amidine groups is 1. The van der Waals surface area contributed by atoms with E-state index in [9.17, 15) is 8.42 Å². The van der Waals surface area contributed by atoms with Gasteiger partial charge in [0.25, 0.3) is 10.0 Å². The summed E-state index contributed by atoms with van der Waals surface area (Å²) in [5.41, 5.74) is 0.706. The van der Waals surface area contributed by atoms with E-state index in [4.69, 9.17) is 4.99 Å². The Morgan fingerprint density at radius 2 is 1.95 bits per heavy atom. The van der Waals surface area contributed by atoms with Crippen molar-refractivity contribution in [2.75, 3.05) is 0 Å². The first kappa shape index (κ1) is 13.6. The highest BCUT2D eigenvalue weighted by Gasteiger charge is 2.32. The molecule has 0 aromatic heterocycles. The molecule has 5 heteroatoms. The van der Waals surface area contributed by atoms with Gasteiger partial charge in [0.15, 0.2) is 0 Å². The fraction of sp³-hybridized carbons (Fsp3) is 0.533. The van der Waals surface area contributed by atoms with Gasteiger partial charge in [-0.1, -0.05) is 32.4 Å². The number of sulfonamides is 1. The van der Waals surface area contributed by atoms with Gasteiger partial charge in [0.2, 0.25) is 0 Å². The number of hydrogen-bond donors (Lipinski definition) is 1.